The summed E-state index contributed by atoms with van der Waals surface area (Å²) in [5.74, 6) is 0.628. The minimum absolute atomic E-state index is 0.628. The number of anilines is 1. The van der Waals surface area contributed by atoms with Gasteiger partial charge in [0, 0.05) is 6.20 Å². The van der Waals surface area contributed by atoms with Crippen molar-refractivity contribution < 1.29 is 0 Å². The Morgan fingerprint density at radius 2 is 2.10 bits per heavy atom. The molecule has 10 heavy (non-hydrogen) atoms. The van der Waals surface area contributed by atoms with Crippen LogP contribution in [-0.2, 0) is 0 Å². The normalized spacial score (nSPS) is 9.90. The number of rotatable bonds is 0. The molecule has 0 atom stereocenters. The van der Waals surface area contributed by atoms with Crippen LogP contribution in [-0.4, -0.2) is 4.98 Å². The number of halogens is 1. The van der Waals surface area contributed by atoms with E-state index in [1.54, 1.807) is 6.20 Å². The molecular weight excluding hydrogens is 239 g/mol. The highest BCUT2D eigenvalue weighted by atomic mass is 127. The molecule has 0 saturated carbocycles. The number of nitrogens with two attached hydrogens (primary N) is 1. The average Bonchev–Trinajstić information content (AvgIpc) is 1.93. The summed E-state index contributed by atoms with van der Waals surface area (Å²) in [6.07, 6.45) is 1.80. The zero-order chi connectivity index (χ0) is 7.72. The van der Waals surface area contributed by atoms with Gasteiger partial charge in [-0.2, -0.15) is 0 Å². The van der Waals surface area contributed by atoms with E-state index < -0.39 is 0 Å². The van der Waals surface area contributed by atoms with Crippen LogP contribution in [0.25, 0.3) is 0 Å². The molecule has 0 unspecified atom stereocenters. The molecule has 0 aliphatic rings. The highest BCUT2D eigenvalue weighted by Gasteiger charge is 2.01. The summed E-state index contributed by atoms with van der Waals surface area (Å²) in [5, 5.41) is 0. The molecule has 0 aliphatic carbocycles. The van der Waals surface area contributed by atoms with Crippen molar-refractivity contribution in [1.29, 1.82) is 0 Å². The van der Waals surface area contributed by atoms with E-state index in [4.69, 9.17) is 5.73 Å². The third-order valence-electron chi connectivity index (χ3n) is 1.54. The molecule has 2 N–H and O–H groups in total. The fraction of sp³-hybridized carbons (Fsp3) is 0.286. The number of aryl methyl sites for hydroxylation is 1. The lowest BCUT2D eigenvalue weighted by Gasteiger charge is -2.03. The van der Waals surface area contributed by atoms with Crippen molar-refractivity contribution >= 4 is 28.4 Å². The predicted molar refractivity (Wildman–Crippen MR) is 50.8 cm³/mol. The minimum atomic E-state index is 0.628. The SMILES string of the molecule is Cc1cnc(N)c(I)c1C. The number of hydrogen-bond donors (Lipinski definition) is 1. The highest BCUT2D eigenvalue weighted by Crippen LogP contribution is 2.18. The van der Waals surface area contributed by atoms with Crippen LogP contribution >= 0.6 is 22.6 Å². The summed E-state index contributed by atoms with van der Waals surface area (Å²) >= 11 is 2.21. The van der Waals surface area contributed by atoms with Crippen molar-refractivity contribution in [2.24, 2.45) is 0 Å². The van der Waals surface area contributed by atoms with E-state index in [0.29, 0.717) is 5.82 Å². The van der Waals surface area contributed by atoms with E-state index in [9.17, 15) is 0 Å². The minimum Gasteiger partial charge on any atom is -0.383 e. The maximum absolute atomic E-state index is 5.57. The van der Waals surface area contributed by atoms with Gasteiger partial charge < -0.3 is 5.73 Å². The molecular formula is C7H9IN2. The van der Waals surface area contributed by atoms with Gasteiger partial charge in [-0.05, 0) is 47.6 Å². The first kappa shape index (κ1) is 7.78. The van der Waals surface area contributed by atoms with E-state index in [1.165, 1.54) is 11.1 Å². The number of pyridine rings is 1. The highest BCUT2D eigenvalue weighted by molar-refractivity contribution is 14.1. The van der Waals surface area contributed by atoms with Crippen LogP contribution in [0.5, 0.6) is 0 Å². The molecule has 0 saturated heterocycles. The summed E-state index contributed by atoms with van der Waals surface area (Å²) in [5.41, 5.74) is 7.99. The Labute approximate surface area is 74.0 Å². The van der Waals surface area contributed by atoms with Gasteiger partial charge in [0.1, 0.15) is 5.82 Å². The van der Waals surface area contributed by atoms with Gasteiger partial charge in [0.25, 0.3) is 0 Å². The molecule has 0 amide bonds. The van der Waals surface area contributed by atoms with Crippen LogP contribution in [0.1, 0.15) is 11.1 Å². The van der Waals surface area contributed by atoms with Gasteiger partial charge in [0.05, 0.1) is 3.57 Å². The second-order valence-corrected chi connectivity index (χ2v) is 3.34. The number of nitrogen functional groups attached to an aromatic ring is 1. The standard InChI is InChI=1S/C7H9IN2/c1-4-3-10-7(9)6(8)5(4)2/h3H,1-2H3,(H2,9,10). The van der Waals surface area contributed by atoms with E-state index in [2.05, 4.69) is 34.5 Å². The third-order valence-corrected chi connectivity index (χ3v) is 2.90. The second kappa shape index (κ2) is 2.74. The van der Waals surface area contributed by atoms with Gasteiger partial charge in [-0.15, -0.1) is 0 Å². The van der Waals surface area contributed by atoms with Gasteiger partial charge in [0.15, 0.2) is 0 Å². The molecule has 0 aliphatic heterocycles. The molecule has 0 spiro atoms. The Hall–Kier alpha value is -0.320. The molecule has 2 nitrogen and oxygen atoms in total. The van der Waals surface area contributed by atoms with E-state index in [-0.39, 0.29) is 0 Å². The second-order valence-electron chi connectivity index (χ2n) is 2.27. The van der Waals surface area contributed by atoms with Gasteiger partial charge >= 0.3 is 0 Å². The van der Waals surface area contributed by atoms with Crippen molar-refractivity contribution in [3.8, 4) is 0 Å². The molecule has 1 aromatic heterocycles. The molecule has 0 fully saturated rings. The first-order valence-corrected chi connectivity index (χ1v) is 4.08. The molecule has 54 valence electrons. The Balaban J connectivity index is 3.34. The monoisotopic (exact) mass is 248 g/mol. The topological polar surface area (TPSA) is 38.9 Å². The predicted octanol–water partition coefficient (Wildman–Crippen LogP) is 1.89. The first-order valence-electron chi connectivity index (χ1n) is 3.00. The van der Waals surface area contributed by atoms with Crippen LogP contribution in [0, 0.1) is 17.4 Å². The summed E-state index contributed by atoms with van der Waals surface area (Å²) in [6, 6.07) is 0. The Morgan fingerprint density at radius 3 is 2.60 bits per heavy atom. The Morgan fingerprint density at radius 1 is 1.50 bits per heavy atom. The van der Waals surface area contributed by atoms with E-state index >= 15 is 0 Å². The van der Waals surface area contributed by atoms with Crippen LogP contribution in [0.3, 0.4) is 0 Å². The molecule has 0 bridgehead atoms. The van der Waals surface area contributed by atoms with Crippen molar-refractivity contribution in [1.82, 2.24) is 4.98 Å². The van der Waals surface area contributed by atoms with Gasteiger partial charge in [0.2, 0.25) is 0 Å². The van der Waals surface area contributed by atoms with Crippen LogP contribution in [0.2, 0.25) is 0 Å². The van der Waals surface area contributed by atoms with Gasteiger partial charge in [-0.1, -0.05) is 0 Å². The van der Waals surface area contributed by atoms with Crippen LogP contribution in [0.15, 0.2) is 6.20 Å². The van der Waals surface area contributed by atoms with Crippen LogP contribution < -0.4 is 5.73 Å². The summed E-state index contributed by atoms with van der Waals surface area (Å²) in [4.78, 5) is 4.01. The molecule has 1 aromatic rings. The van der Waals surface area contributed by atoms with Crippen molar-refractivity contribution in [2.75, 3.05) is 5.73 Å². The van der Waals surface area contributed by atoms with Crippen molar-refractivity contribution in [2.45, 2.75) is 13.8 Å². The Bertz CT molecular complexity index is 231. The van der Waals surface area contributed by atoms with Gasteiger partial charge in [-0.25, -0.2) is 4.98 Å². The zero-order valence-corrected chi connectivity index (χ0v) is 8.14. The summed E-state index contributed by atoms with van der Waals surface area (Å²) in [7, 11) is 0. The van der Waals surface area contributed by atoms with E-state index in [1.807, 2.05) is 6.92 Å². The van der Waals surface area contributed by atoms with Crippen molar-refractivity contribution in [3.63, 3.8) is 0 Å². The summed E-state index contributed by atoms with van der Waals surface area (Å²) in [6.45, 7) is 4.08. The fourth-order valence-electron chi connectivity index (χ4n) is 0.685. The fourth-order valence-corrected chi connectivity index (χ4v) is 1.25. The zero-order valence-electron chi connectivity index (χ0n) is 5.98. The molecule has 0 aromatic carbocycles. The Kier molecular flexibility index (Phi) is 2.13. The maximum Gasteiger partial charge on any atom is 0.137 e. The van der Waals surface area contributed by atoms with Gasteiger partial charge in [-0.3, -0.25) is 0 Å². The number of hydrogen-bond acceptors (Lipinski definition) is 2. The maximum atomic E-state index is 5.57. The molecule has 0 radical (unpaired) electrons. The lowest BCUT2D eigenvalue weighted by atomic mass is 10.2. The number of nitrogens with zero attached hydrogens (tertiary/aromatic N) is 1. The molecule has 1 heterocycles. The van der Waals surface area contributed by atoms with Crippen molar-refractivity contribution in [3.05, 3.63) is 20.9 Å². The smallest absolute Gasteiger partial charge is 0.137 e. The quantitative estimate of drug-likeness (QED) is 0.712. The third kappa shape index (κ3) is 1.23. The van der Waals surface area contributed by atoms with E-state index in [0.717, 1.165) is 3.57 Å². The lowest BCUT2D eigenvalue weighted by molar-refractivity contribution is 1.20. The molecule has 3 heteroatoms. The number of aromatic nitrogens is 1. The average molecular weight is 248 g/mol. The molecule has 1 rings (SSSR count). The lowest BCUT2D eigenvalue weighted by Crippen LogP contribution is -1.97. The summed E-state index contributed by atoms with van der Waals surface area (Å²) < 4.78 is 1.07. The largest absolute Gasteiger partial charge is 0.383 e. The van der Waals surface area contributed by atoms with Crippen LogP contribution in [0.4, 0.5) is 5.82 Å². The first-order chi connectivity index (χ1) is 4.63.